The molecule has 0 amide bonds. The number of esters is 1. The van der Waals surface area contributed by atoms with Crippen molar-refractivity contribution in [3.63, 3.8) is 0 Å². The Hall–Kier alpha value is -0.810. The van der Waals surface area contributed by atoms with Crippen molar-refractivity contribution in [2.24, 2.45) is 44.8 Å². The summed E-state index contributed by atoms with van der Waals surface area (Å²) >= 11 is 0. The first kappa shape index (κ1) is 34.3. The van der Waals surface area contributed by atoms with Gasteiger partial charge in [-0.25, -0.2) is 0 Å². The van der Waals surface area contributed by atoms with E-state index in [9.17, 15) is 15.0 Å². The van der Waals surface area contributed by atoms with Crippen LogP contribution in [-0.4, -0.2) is 90.2 Å². The number of fused-ring (bicyclic) bond motifs is 4. The lowest BCUT2D eigenvalue weighted by atomic mass is 9.41. The number of aliphatic hydroxyl groups is 2. The van der Waals surface area contributed by atoms with E-state index in [-0.39, 0.29) is 45.9 Å². The Bertz CT molecular complexity index is 1280. The summed E-state index contributed by atoms with van der Waals surface area (Å²) in [7, 11) is 0. The molecule has 5 aliphatic carbocycles. The van der Waals surface area contributed by atoms with Crippen LogP contribution in [0.4, 0.5) is 0 Å². The third-order valence-corrected chi connectivity index (χ3v) is 15.7. The van der Waals surface area contributed by atoms with Crippen molar-refractivity contribution in [3.8, 4) is 0 Å². The molecular formula is C39H60NO8. The zero-order valence-electron chi connectivity index (χ0n) is 30.6. The van der Waals surface area contributed by atoms with Crippen molar-refractivity contribution < 1.29 is 38.7 Å². The molecular weight excluding hydrogens is 610 g/mol. The van der Waals surface area contributed by atoms with Crippen molar-refractivity contribution in [2.75, 3.05) is 32.9 Å². The van der Waals surface area contributed by atoms with Crippen LogP contribution in [0, 0.1) is 63.0 Å². The maximum atomic E-state index is 12.5. The fourth-order valence-corrected chi connectivity index (χ4v) is 13.3. The first-order valence-corrected chi connectivity index (χ1v) is 18.9. The van der Waals surface area contributed by atoms with Crippen LogP contribution in [0.15, 0.2) is 0 Å². The molecule has 9 heteroatoms. The SMILES string of the molecule is CC(=O)O[C@@H]([C]1C[C@@H](C)[C@H]2[C](O1)[C@H](O)[C@@]1(C)[C]3CC[C@H]4C(C)(C)C(O[C@H]5CN(C6COC6)CCO5)CC[C@@]45C[C@@]35CC[C@]21C)C(C)(C)O. The van der Waals surface area contributed by atoms with Gasteiger partial charge in [-0.2, -0.15) is 0 Å². The fourth-order valence-electron chi connectivity index (χ4n) is 13.3. The number of morpholine rings is 1. The summed E-state index contributed by atoms with van der Waals surface area (Å²) in [4.78, 5) is 14.6. The van der Waals surface area contributed by atoms with Crippen molar-refractivity contribution >= 4 is 5.97 Å². The Morgan fingerprint density at radius 3 is 2.52 bits per heavy atom. The van der Waals surface area contributed by atoms with Gasteiger partial charge in [0.25, 0.3) is 0 Å². The van der Waals surface area contributed by atoms with Gasteiger partial charge in [-0.1, -0.05) is 34.6 Å². The molecule has 3 radical (unpaired) electrons. The lowest BCUT2D eigenvalue weighted by Crippen LogP contribution is -2.60. The minimum atomic E-state index is -1.31. The second kappa shape index (κ2) is 11.1. The van der Waals surface area contributed by atoms with Gasteiger partial charge >= 0.3 is 5.97 Å². The van der Waals surface area contributed by atoms with Crippen LogP contribution >= 0.6 is 0 Å². The van der Waals surface area contributed by atoms with E-state index >= 15 is 0 Å². The Balaban J connectivity index is 1.03. The van der Waals surface area contributed by atoms with Crippen molar-refractivity contribution in [3.05, 3.63) is 18.1 Å². The summed E-state index contributed by atoms with van der Waals surface area (Å²) in [5.74, 6) is 1.99. The van der Waals surface area contributed by atoms with E-state index in [0.717, 1.165) is 58.1 Å². The molecule has 0 aromatic carbocycles. The molecule has 8 fully saturated rings. The van der Waals surface area contributed by atoms with Crippen LogP contribution in [0.25, 0.3) is 0 Å². The Morgan fingerprint density at radius 1 is 1.10 bits per heavy atom. The highest BCUT2D eigenvalue weighted by molar-refractivity contribution is 5.66. The van der Waals surface area contributed by atoms with E-state index < -0.39 is 29.2 Å². The van der Waals surface area contributed by atoms with Crippen LogP contribution in [0.5, 0.6) is 0 Å². The number of aliphatic hydroxyl groups excluding tert-OH is 1. The van der Waals surface area contributed by atoms with Gasteiger partial charge < -0.3 is 33.9 Å². The third kappa shape index (κ3) is 4.55. The first-order valence-electron chi connectivity index (χ1n) is 18.9. The quantitative estimate of drug-likeness (QED) is 0.368. The van der Waals surface area contributed by atoms with Gasteiger partial charge in [-0.3, -0.25) is 9.69 Å². The Morgan fingerprint density at radius 2 is 1.85 bits per heavy atom. The lowest BCUT2D eigenvalue weighted by Gasteiger charge is -2.63. The molecule has 48 heavy (non-hydrogen) atoms. The second-order valence-electron chi connectivity index (χ2n) is 18.8. The predicted molar refractivity (Wildman–Crippen MR) is 177 cm³/mol. The molecule has 0 aromatic heterocycles. The number of hydrogen-bond donors (Lipinski definition) is 2. The molecule has 8 rings (SSSR count). The van der Waals surface area contributed by atoms with Crippen LogP contribution in [0.2, 0.25) is 0 Å². The molecule has 3 saturated heterocycles. The van der Waals surface area contributed by atoms with Gasteiger partial charge in [-0.05, 0) is 105 Å². The first-order chi connectivity index (χ1) is 22.5. The van der Waals surface area contributed by atoms with Gasteiger partial charge in [0, 0.05) is 24.8 Å². The summed E-state index contributed by atoms with van der Waals surface area (Å²) in [6.45, 7) is 20.7. The topological polar surface area (TPSA) is 107 Å². The molecule has 8 aliphatic rings. The number of rotatable bonds is 6. The Kier molecular flexibility index (Phi) is 7.93. The Labute approximate surface area is 288 Å². The van der Waals surface area contributed by atoms with Crippen molar-refractivity contribution in [1.29, 1.82) is 0 Å². The maximum Gasteiger partial charge on any atom is 0.303 e. The van der Waals surface area contributed by atoms with Crippen LogP contribution in [0.3, 0.4) is 0 Å². The number of nitrogens with zero attached hydrogens (tertiary/aromatic N) is 1. The van der Waals surface area contributed by atoms with E-state index in [1.807, 2.05) is 0 Å². The minimum Gasteiger partial charge on any atom is -0.456 e. The summed E-state index contributed by atoms with van der Waals surface area (Å²) in [6.07, 6.45) is 8.07. The zero-order chi connectivity index (χ0) is 34.2. The highest BCUT2D eigenvalue weighted by atomic mass is 16.7. The molecule has 11 atom stereocenters. The molecule has 2 spiro atoms. The largest absolute Gasteiger partial charge is 0.456 e. The summed E-state index contributed by atoms with van der Waals surface area (Å²) in [5.41, 5.74) is -1.40. The normalized spacial score (nSPS) is 48.7. The van der Waals surface area contributed by atoms with Crippen LogP contribution in [-0.2, 0) is 28.5 Å². The number of ether oxygens (including phenoxy) is 5. The zero-order valence-corrected chi connectivity index (χ0v) is 30.6. The molecule has 1 unspecified atom stereocenters. The molecule has 5 saturated carbocycles. The van der Waals surface area contributed by atoms with Gasteiger partial charge in [0.05, 0.1) is 50.2 Å². The van der Waals surface area contributed by atoms with E-state index in [1.54, 1.807) is 19.8 Å². The average Bonchev–Trinajstić information content (AvgIpc) is 3.61. The minimum absolute atomic E-state index is 0.0293. The van der Waals surface area contributed by atoms with Crippen molar-refractivity contribution in [2.45, 2.75) is 143 Å². The fraction of sp³-hybridized carbons (Fsp3) is 0.897. The highest BCUT2D eigenvalue weighted by Crippen LogP contribution is 2.90. The maximum absolute atomic E-state index is 12.5. The standard InChI is InChI=1S/C39H60NO8/c1-22-17-25(33(35(5,6)43)46-23(2)41)47-31-30(22)36(7)13-14-39-21-38(39)12-11-28(48-29-18-40(15-16-45-29)24-19-44-20-24)34(3,4)26(38)9-10-27(39)37(36,8)32(31)42/h22,24,26,28-30,32-33,42-43H,9-21H2,1-8H3/t22-,26+,28?,29+,30+,32+,33+,36-,37-,38-,39+/m1/s1. The second-order valence-corrected chi connectivity index (χ2v) is 18.8. The number of hydrogen-bond acceptors (Lipinski definition) is 9. The third-order valence-electron chi connectivity index (χ3n) is 15.7. The van der Waals surface area contributed by atoms with Crippen LogP contribution in [0.1, 0.15) is 107 Å². The van der Waals surface area contributed by atoms with E-state index in [1.165, 1.54) is 26.2 Å². The van der Waals surface area contributed by atoms with E-state index in [2.05, 4.69) is 39.5 Å². The average molecular weight is 671 g/mol. The monoisotopic (exact) mass is 670 g/mol. The molecule has 9 nitrogen and oxygen atoms in total. The highest BCUT2D eigenvalue weighted by Gasteiger charge is 2.85. The summed E-state index contributed by atoms with van der Waals surface area (Å²) in [6, 6.07) is 0.502. The van der Waals surface area contributed by atoms with Gasteiger partial charge in [0.2, 0.25) is 0 Å². The molecule has 3 aliphatic heterocycles. The van der Waals surface area contributed by atoms with Gasteiger partial charge in [0.1, 0.15) is 12.2 Å². The van der Waals surface area contributed by atoms with Crippen molar-refractivity contribution in [1.82, 2.24) is 4.90 Å². The number of carbonyl (C=O) groups excluding carboxylic acids is 1. The molecule has 3 heterocycles. The smallest absolute Gasteiger partial charge is 0.303 e. The number of carbonyl (C=O) groups is 1. The molecule has 2 N–H and O–H groups in total. The molecule has 0 bridgehead atoms. The molecule has 269 valence electrons. The van der Waals surface area contributed by atoms with Gasteiger partial charge in [-0.15, -0.1) is 0 Å². The summed E-state index contributed by atoms with van der Waals surface area (Å²) < 4.78 is 30.9. The predicted octanol–water partition coefficient (Wildman–Crippen LogP) is 5.23. The van der Waals surface area contributed by atoms with Gasteiger partial charge in [0.15, 0.2) is 12.4 Å². The van der Waals surface area contributed by atoms with E-state index in [4.69, 9.17) is 23.7 Å². The van der Waals surface area contributed by atoms with E-state index in [0.29, 0.717) is 31.1 Å². The van der Waals surface area contributed by atoms with Crippen LogP contribution < -0.4 is 0 Å². The lowest BCUT2D eigenvalue weighted by molar-refractivity contribution is -0.252. The molecule has 0 aromatic rings. The summed E-state index contributed by atoms with van der Waals surface area (Å²) in [5, 5.41) is 23.5.